The fraction of sp³-hybridized carbons (Fsp3) is 0.133. The highest BCUT2D eigenvalue weighted by Crippen LogP contribution is 2.23. The Kier molecular flexibility index (Phi) is 3.71. The van der Waals surface area contributed by atoms with E-state index in [2.05, 4.69) is 20.5 Å². The van der Waals surface area contributed by atoms with Crippen LogP contribution in [0.15, 0.2) is 41.6 Å². The first kappa shape index (κ1) is 14.6. The number of nitrogens with one attached hydrogen (secondary N) is 1. The average Bonchev–Trinajstić information content (AvgIpc) is 2.57. The van der Waals surface area contributed by atoms with Gasteiger partial charge in [-0.1, -0.05) is 30.3 Å². The molecular formula is C15H14N6O2. The van der Waals surface area contributed by atoms with E-state index in [-0.39, 0.29) is 17.9 Å². The quantitative estimate of drug-likeness (QED) is 0.885. The highest BCUT2D eigenvalue weighted by atomic mass is 16.2. The maximum absolute atomic E-state index is 12.1. The molecule has 0 saturated carbocycles. The third kappa shape index (κ3) is 2.86. The van der Waals surface area contributed by atoms with Crippen LogP contribution in [0.5, 0.6) is 0 Å². The maximum atomic E-state index is 12.1. The molecule has 0 radical (unpaired) electrons. The van der Waals surface area contributed by atoms with Crippen LogP contribution in [0.4, 0.5) is 10.6 Å². The zero-order valence-electron chi connectivity index (χ0n) is 12.4. The number of carbonyl (C=O) groups is 2. The van der Waals surface area contributed by atoms with Gasteiger partial charge >= 0.3 is 6.03 Å². The highest BCUT2D eigenvalue weighted by Gasteiger charge is 2.26. The Hall–Kier alpha value is -3.29. The Balaban J connectivity index is 2.11. The Morgan fingerprint density at radius 1 is 1.30 bits per heavy atom. The van der Waals surface area contributed by atoms with Crippen molar-refractivity contribution in [3.05, 3.63) is 42.1 Å². The first-order valence-corrected chi connectivity index (χ1v) is 6.89. The Bertz CT molecular complexity index is 803. The number of hydrogen-bond acceptors (Lipinski definition) is 5. The van der Waals surface area contributed by atoms with Gasteiger partial charge in [0.05, 0.1) is 12.3 Å². The SMILES string of the molecule is CC1=NNC(=O)N(c2nc(-c3ccccc3)ncc2C(N)=O)C1. The first-order chi connectivity index (χ1) is 11.1. The number of primary amides is 1. The number of rotatable bonds is 3. The molecule has 8 heteroatoms. The lowest BCUT2D eigenvalue weighted by Gasteiger charge is -2.26. The minimum Gasteiger partial charge on any atom is -0.365 e. The van der Waals surface area contributed by atoms with Crippen molar-refractivity contribution in [2.75, 3.05) is 11.4 Å². The van der Waals surface area contributed by atoms with Gasteiger partial charge < -0.3 is 5.73 Å². The standard InChI is InChI=1S/C15H14N6O2/c1-9-8-21(15(23)20-19-9)14-11(12(16)22)7-17-13(18-14)10-5-3-2-4-6-10/h2-7H,8H2,1H3,(H2,16,22)(H,20,23). The molecule has 0 bridgehead atoms. The molecule has 0 fully saturated rings. The van der Waals surface area contributed by atoms with Crippen molar-refractivity contribution in [3.8, 4) is 11.4 Å². The van der Waals surface area contributed by atoms with E-state index in [0.717, 1.165) is 5.56 Å². The number of amides is 3. The summed E-state index contributed by atoms with van der Waals surface area (Å²) in [5.74, 6) is -0.135. The van der Waals surface area contributed by atoms with Gasteiger partial charge in [-0.15, -0.1) is 0 Å². The molecule has 0 unspecified atom stereocenters. The number of carbonyl (C=O) groups excluding carboxylic acids is 2. The number of benzene rings is 1. The Morgan fingerprint density at radius 3 is 2.74 bits per heavy atom. The van der Waals surface area contributed by atoms with Crippen LogP contribution >= 0.6 is 0 Å². The van der Waals surface area contributed by atoms with Crippen molar-refractivity contribution in [1.29, 1.82) is 0 Å². The second-order valence-electron chi connectivity index (χ2n) is 5.01. The average molecular weight is 310 g/mol. The molecule has 2 aromatic rings. The second-order valence-corrected chi connectivity index (χ2v) is 5.01. The predicted molar refractivity (Wildman–Crippen MR) is 85.0 cm³/mol. The molecule has 1 aromatic carbocycles. The third-order valence-corrected chi connectivity index (χ3v) is 3.30. The van der Waals surface area contributed by atoms with Gasteiger partial charge in [-0.3, -0.25) is 9.69 Å². The van der Waals surface area contributed by atoms with Gasteiger partial charge in [0.2, 0.25) is 0 Å². The van der Waals surface area contributed by atoms with Gasteiger partial charge in [0.15, 0.2) is 11.6 Å². The number of nitrogens with two attached hydrogens (primary N) is 1. The van der Waals surface area contributed by atoms with Crippen LogP contribution in [0.2, 0.25) is 0 Å². The molecule has 1 aliphatic rings. The number of nitrogens with zero attached hydrogens (tertiary/aromatic N) is 4. The third-order valence-electron chi connectivity index (χ3n) is 3.30. The summed E-state index contributed by atoms with van der Waals surface area (Å²) in [6.45, 7) is 1.98. The van der Waals surface area contributed by atoms with Crippen LogP contribution in [0.1, 0.15) is 17.3 Å². The van der Waals surface area contributed by atoms with Crippen molar-refractivity contribution in [3.63, 3.8) is 0 Å². The molecule has 3 N–H and O–H groups in total. The van der Waals surface area contributed by atoms with E-state index in [9.17, 15) is 9.59 Å². The molecule has 8 nitrogen and oxygen atoms in total. The van der Waals surface area contributed by atoms with E-state index >= 15 is 0 Å². The van der Waals surface area contributed by atoms with Gasteiger partial charge in [-0.25, -0.2) is 20.2 Å². The number of aromatic nitrogens is 2. The van der Waals surface area contributed by atoms with Gasteiger partial charge in [0.1, 0.15) is 5.56 Å². The zero-order chi connectivity index (χ0) is 16.4. The minimum atomic E-state index is -0.701. The van der Waals surface area contributed by atoms with Crippen molar-refractivity contribution in [2.24, 2.45) is 10.8 Å². The molecular weight excluding hydrogens is 296 g/mol. The molecule has 1 aromatic heterocycles. The van der Waals surface area contributed by atoms with Crippen molar-refractivity contribution >= 4 is 23.5 Å². The van der Waals surface area contributed by atoms with E-state index in [4.69, 9.17) is 5.73 Å². The van der Waals surface area contributed by atoms with E-state index in [1.54, 1.807) is 6.92 Å². The van der Waals surface area contributed by atoms with Crippen molar-refractivity contribution in [1.82, 2.24) is 15.4 Å². The van der Waals surface area contributed by atoms with E-state index in [1.807, 2.05) is 30.3 Å². The summed E-state index contributed by atoms with van der Waals surface area (Å²) in [5, 5.41) is 3.86. The fourth-order valence-corrected chi connectivity index (χ4v) is 2.19. The molecule has 0 spiro atoms. The lowest BCUT2D eigenvalue weighted by atomic mass is 10.2. The summed E-state index contributed by atoms with van der Waals surface area (Å²) in [7, 11) is 0. The molecule has 3 rings (SSSR count). The van der Waals surface area contributed by atoms with Crippen LogP contribution < -0.4 is 16.1 Å². The zero-order valence-corrected chi connectivity index (χ0v) is 12.4. The number of urea groups is 1. The summed E-state index contributed by atoms with van der Waals surface area (Å²) in [4.78, 5) is 33.6. The monoisotopic (exact) mass is 310 g/mol. The van der Waals surface area contributed by atoms with E-state index in [0.29, 0.717) is 11.5 Å². The van der Waals surface area contributed by atoms with Gasteiger partial charge in [-0.05, 0) is 6.92 Å². The smallest absolute Gasteiger partial charge is 0.343 e. The van der Waals surface area contributed by atoms with Crippen LogP contribution in [0.3, 0.4) is 0 Å². The molecule has 0 saturated heterocycles. The normalized spacial score (nSPS) is 14.2. The number of anilines is 1. The number of hydrazone groups is 1. The first-order valence-electron chi connectivity index (χ1n) is 6.89. The van der Waals surface area contributed by atoms with Crippen molar-refractivity contribution in [2.45, 2.75) is 6.92 Å². The summed E-state index contributed by atoms with van der Waals surface area (Å²) >= 11 is 0. The molecule has 1 aliphatic heterocycles. The number of hydrogen-bond donors (Lipinski definition) is 2. The molecule has 3 amide bonds. The molecule has 0 aliphatic carbocycles. The van der Waals surface area contributed by atoms with Crippen LogP contribution in [-0.4, -0.2) is 34.2 Å². The van der Waals surface area contributed by atoms with Gasteiger partial charge in [0.25, 0.3) is 5.91 Å². The van der Waals surface area contributed by atoms with Gasteiger partial charge in [0, 0.05) is 11.8 Å². The summed E-state index contributed by atoms with van der Waals surface area (Å²) < 4.78 is 0. The summed E-state index contributed by atoms with van der Waals surface area (Å²) in [6.07, 6.45) is 1.33. The predicted octanol–water partition coefficient (Wildman–Crippen LogP) is 1.15. The molecule has 116 valence electrons. The minimum absolute atomic E-state index is 0.0783. The summed E-state index contributed by atoms with van der Waals surface area (Å²) in [5.41, 5.74) is 9.28. The van der Waals surface area contributed by atoms with Crippen molar-refractivity contribution < 1.29 is 9.59 Å². The maximum Gasteiger partial charge on any atom is 0.343 e. The second kappa shape index (κ2) is 5.84. The lowest BCUT2D eigenvalue weighted by molar-refractivity contribution is 0.100. The highest BCUT2D eigenvalue weighted by molar-refractivity contribution is 6.07. The lowest BCUT2D eigenvalue weighted by Crippen LogP contribution is -2.46. The molecule has 2 heterocycles. The molecule has 0 atom stereocenters. The van der Waals surface area contributed by atoms with E-state index < -0.39 is 11.9 Å². The topological polar surface area (TPSA) is 114 Å². The van der Waals surface area contributed by atoms with Gasteiger partial charge in [-0.2, -0.15) is 5.10 Å². The van der Waals surface area contributed by atoms with Crippen LogP contribution in [0, 0.1) is 0 Å². The molecule has 23 heavy (non-hydrogen) atoms. The Morgan fingerprint density at radius 2 is 2.04 bits per heavy atom. The Labute approximate surface area is 132 Å². The largest absolute Gasteiger partial charge is 0.365 e. The summed E-state index contributed by atoms with van der Waals surface area (Å²) in [6, 6.07) is 8.78. The van der Waals surface area contributed by atoms with Crippen LogP contribution in [-0.2, 0) is 0 Å². The van der Waals surface area contributed by atoms with Crippen LogP contribution in [0.25, 0.3) is 11.4 Å². The fourth-order valence-electron chi connectivity index (χ4n) is 2.19. The van der Waals surface area contributed by atoms with E-state index in [1.165, 1.54) is 11.1 Å².